The third-order valence-corrected chi connectivity index (χ3v) is 4.61. The summed E-state index contributed by atoms with van der Waals surface area (Å²) >= 11 is 5.09. The zero-order valence-corrected chi connectivity index (χ0v) is 13.8. The molecule has 2 aromatic rings. The Bertz CT molecular complexity index is 580. The van der Waals surface area contributed by atoms with Crippen LogP contribution in [0.4, 0.5) is 4.79 Å². The van der Waals surface area contributed by atoms with E-state index in [4.69, 9.17) is 0 Å². The van der Waals surface area contributed by atoms with Crippen LogP contribution in [0.25, 0.3) is 0 Å². The maximum atomic E-state index is 11.8. The van der Waals surface area contributed by atoms with Gasteiger partial charge < -0.3 is 10.6 Å². The molecule has 5 heteroatoms. The first-order chi connectivity index (χ1) is 9.54. The van der Waals surface area contributed by atoms with Crippen LogP contribution in [0.15, 0.2) is 40.9 Å². The van der Waals surface area contributed by atoms with E-state index in [1.165, 1.54) is 9.75 Å². The minimum Gasteiger partial charge on any atom is -0.334 e. The topological polar surface area (TPSA) is 41.1 Å². The molecule has 1 atom stereocenters. The minimum atomic E-state index is -0.147. The average molecular weight is 353 g/mol. The maximum absolute atomic E-state index is 11.8. The molecule has 0 bridgehead atoms. The Labute approximate surface area is 131 Å². The number of hydrogen-bond acceptors (Lipinski definition) is 2. The summed E-state index contributed by atoms with van der Waals surface area (Å²) in [4.78, 5) is 14.3. The molecule has 0 radical (unpaired) electrons. The predicted molar refractivity (Wildman–Crippen MR) is 87.0 cm³/mol. The molecule has 3 nitrogen and oxygen atoms in total. The second kappa shape index (κ2) is 6.90. The van der Waals surface area contributed by atoms with Crippen molar-refractivity contribution in [2.45, 2.75) is 26.4 Å². The molecule has 0 spiro atoms. The Hall–Kier alpha value is -1.33. The molecular formula is C15H17BrN2OS. The van der Waals surface area contributed by atoms with Gasteiger partial charge in [-0.25, -0.2) is 4.79 Å². The first-order valence-electron chi connectivity index (χ1n) is 6.40. The van der Waals surface area contributed by atoms with E-state index in [1.807, 2.05) is 31.2 Å². The SMILES string of the molecule is Cc1ccc(C(C)NC(=O)NCc2ccc(Br)cc2)s1. The molecule has 1 unspecified atom stereocenters. The van der Waals surface area contributed by atoms with Crippen LogP contribution in [0.1, 0.15) is 28.3 Å². The average Bonchev–Trinajstić information content (AvgIpc) is 2.85. The molecule has 1 heterocycles. The van der Waals surface area contributed by atoms with Gasteiger partial charge >= 0.3 is 6.03 Å². The Morgan fingerprint density at radius 1 is 1.25 bits per heavy atom. The van der Waals surface area contributed by atoms with E-state index < -0.39 is 0 Å². The molecular weight excluding hydrogens is 336 g/mol. The summed E-state index contributed by atoms with van der Waals surface area (Å²) in [5.41, 5.74) is 1.07. The van der Waals surface area contributed by atoms with Gasteiger partial charge in [-0.1, -0.05) is 28.1 Å². The highest BCUT2D eigenvalue weighted by Crippen LogP contribution is 2.22. The number of carbonyl (C=O) groups is 1. The number of benzene rings is 1. The summed E-state index contributed by atoms with van der Waals surface area (Å²) < 4.78 is 1.03. The fourth-order valence-electron chi connectivity index (χ4n) is 1.79. The maximum Gasteiger partial charge on any atom is 0.315 e. The van der Waals surface area contributed by atoms with E-state index >= 15 is 0 Å². The van der Waals surface area contributed by atoms with Gasteiger partial charge in [0.15, 0.2) is 0 Å². The molecule has 20 heavy (non-hydrogen) atoms. The van der Waals surface area contributed by atoms with Gasteiger partial charge in [0.25, 0.3) is 0 Å². The third-order valence-electron chi connectivity index (χ3n) is 2.90. The van der Waals surface area contributed by atoms with Crippen LogP contribution in [-0.4, -0.2) is 6.03 Å². The summed E-state index contributed by atoms with van der Waals surface area (Å²) in [6.07, 6.45) is 0. The van der Waals surface area contributed by atoms with E-state index in [9.17, 15) is 4.79 Å². The molecule has 1 aromatic carbocycles. The summed E-state index contributed by atoms with van der Waals surface area (Å²) in [5, 5.41) is 5.81. The number of hydrogen-bond donors (Lipinski definition) is 2. The molecule has 0 saturated carbocycles. The number of nitrogens with one attached hydrogen (secondary N) is 2. The van der Waals surface area contributed by atoms with Crippen molar-refractivity contribution in [1.82, 2.24) is 10.6 Å². The number of thiophene rings is 1. The van der Waals surface area contributed by atoms with Crippen LogP contribution < -0.4 is 10.6 Å². The number of urea groups is 1. The fraction of sp³-hybridized carbons (Fsp3) is 0.267. The molecule has 106 valence electrons. The van der Waals surface area contributed by atoms with E-state index in [0.29, 0.717) is 6.54 Å². The van der Waals surface area contributed by atoms with Gasteiger partial charge in [0.1, 0.15) is 0 Å². The van der Waals surface area contributed by atoms with Gasteiger partial charge in [-0.2, -0.15) is 0 Å². The third kappa shape index (κ3) is 4.35. The zero-order valence-electron chi connectivity index (χ0n) is 11.4. The quantitative estimate of drug-likeness (QED) is 0.842. The minimum absolute atomic E-state index is 0.0265. The van der Waals surface area contributed by atoms with Crippen LogP contribution in [0, 0.1) is 6.92 Å². The molecule has 0 aliphatic rings. The van der Waals surface area contributed by atoms with Crippen LogP contribution >= 0.6 is 27.3 Å². The summed E-state index contributed by atoms with van der Waals surface area (Å²) in [6.45, 7) is 4.58. The normalized spacial score (nSPS) is 11.9. The fourth-order valence-corrected chi connectivity index (χ4v) is 2.93. The number of aryl methyl sites for hydroxylation is 1. The van der Waals surface area contributed by atoms with Crippen LogP contribution in [0.5, 0.6) is 0 Å². The van der Waals surface area contributed by atoms with Crippen LogP contribution in [0.2, 0.25) is 0 Å². The molecule has 0 fully saturated rings. The molecule has 2 amide bonds. The highest BCUT2D eigenvalue weighted by Gasteiger charge is 2.10. The van der Waals surface area contributed by atoms with Crippen molar-refractivity contribution in [3.8, 4) is 0 Å². The van der Waals surface area contributed by atoms with Crippen molar-refractivity contribution in [3.05, 3.63) is 56.2 Å². The Morgan fingerprint density at radius 2 is 1.95 bits per heavy atom. The summed E-state index contributed by atoms with van der Waals surface area (Å²) in [5.74, 6) is 0. The van der Waals surface area contributed by atoms with Gasteiger partial charge in [0.05, 0.1) is 6.04 Å². The second-order valence-corrected chi connectivity index (χ2v) is 6.86. The smallest absolute Gasteiger partial charge is 0.315 e. The molecule has 0 aliphatic heterocycles. The van der Waals surface area contributed by atoms with Crippen LogP contribution in [-0.2, 0) is 6.54 Å². The van der Waals surface area contributed by atoms with Crippen molar-refractivity contribution < 1.29 is 4.79 Å². The molecule has 2 N–H and O–H groups in total. The Kier molecular flexibility index (Phi) is 5.20. The van der Waals surface area contributed by atoms with Gasteiger partial charge in [-0.15, -0.1) is 11.3 Å². The van der Waals surface area contributed by atoms with Crippen molar-refractivity contribution in [1.29, 1.82) is 0 Å². The molecule has 1 aromatic heterocycles. The van der Waals surface area contributed by atoms with Crippen molar-refractivity contribution in [2.75, 3.05) is 0 Å². The van der Waals surface area contributed by atoms with Crippen molar-refractivity contribution in [3.63, 3.8) is 0 Å². The summed E-state index contributed by atoms with van der Waals surface area (Å²) in [7, 11) is 0. The van der Waals surface area contributed by atoms with Gasteiger partial charge in [0.2, 0.25) is 0 Å². The number of carbonyl (C=O) groups excluding carboxylic acids is 1. The largest absolute Gasteiger partial charge is 0.334 e. The first-order valence-corrected chi connectivity index (χ1v) is 8.00. The lowest BCUT2D eigenvalue weighted by atomic mass is 10.2. The molecule has 2 rings (SSSR count). The van der Waals surface area contributed by atoms with Gasteiger partial charge in [-0.05, 0) is 43.7 Å². The van der Waals surface area contributed by atoms with Crippen molar-refractivity contribution in [2.24, 2.45) is 0 Å². The second-order valence-electron chi connectivity index (χ2n) is 4.62. The lowest BCUT2D eigenvalue weighted by Crippen LogP contribution is -2.36. The van der Waals surface area contributed by atoms with E-state index in [2.05, 4.69) is 45.6 Å². The van der Waals surface area contributed by atoms with Crippen molar-refractivity contribution >= 4 is 33.3 Å². The predicted octanol–water partition coefficient (Wildman–Crippen LogP) is 4.38. The molecule has 0 aliphatic carbocycles. The monoisotopic (exact) mass is 352 g/mol. The van der Waals surface area contributed by atoms with Gasteiger partial charge in [0, 0.05) is 20.8 Å². The van der Waals surface area contributed by atoms with Gasteiger partial charge in [-0.3, -0.25) is 0 Å². The Balaban J connectivity index is 1.82. The number of halogens is 1. The molecule has 0 saturated heterocycles. The van der Waals surface area contributed by atoms with E-state index in [-0.39, 0.29) is 12.1 Å². The highest BCUT2D eigenvalue weighted by atomic mass is 79.9. The lowest BCUT2D eigenvalue weighted by Gasteiger charge is -2.13. The van der Waals surface area contributed by atoms with E-state index in [0.717, 1.165) is 10.0 Å². The number of rotatable bonds is 4. The highest BCUT2D eigenvalue weighted by molar-refractivity contribution is 9.10. The first kappa shape index (κ1) is 15.1. The Morgan fingerprint density at radius 3 is 2.55 bits per heavy atom. The van der Waals surface area contributed by atoms with Crippen LogP contribution in [0.3, 0.4) is 0 Å². The zero-order chi connectivity index (χ0) is 14.5. The summed E-state index contributed by atoms with van der Waals surface area (Å²) in [6, 6.07) is 11.9. The van der Waals surface area contributed by atoms with E-state index in [1.54, 1.807) is 11.3 Å². The lowest BCUT2D eigenvalue weighted by molar-refractivity contribution is 0.237. The standard InChI is InChI=1S/C15H17BrN2OS/c1-10-3-8-14(20-10)11(2)18-15(19)17-9-12-4-6-13(16)7-5-12/h3-8,11H,9H2,1-2H3,(H2,17,18,19). The number of amides is 2.